The van der Waals surface area contributed by atoms with Crippen molar-refractivity contribution in [2.75, 3.05) is 13.2 Å². The minimum absolute atomic E-state index is 0.0312. The lowest BCUT2D eigenvalue weighted by molar-refractivity contribution is -0.111. The fraction of sp³-hybridized carbons (Fsp3) is 0.615. The predicted molar refractivity (Wildman–Crippen MR) is 66.3 cm³/mol. The van der Waals surface area contributed by atoms with Crippen LogP contribution in [0.25, 0.3) is 0 Å². The molecule has 17 heavy (non-hydrogen) atoms. The topological polar surface area (TPSA) is 32.8 Å². The zero-order chi connectivity index (χ0) is 12.6. The van der Waals surface area contributed by atoms with E-state index in [-0.39, 0.29) is 18.1 Å². The molecule has 0 N–H and O–H groups in total. The van der Waals surface area contributed by atoms with E-state index in [9.17, 15) is 4.79 Å². The number of hydrogen-bond donors (Lipinski definition) is 0. The number of rotatable bonds is 4. The molecule has 1 saturated heterocycles. The first-order valence-electron chi connectivity index (χ1n) is 6.11. The molecule has 2 aliphatic heterocycles. The molecule has 0 radical (unpaired) electrons. The maximum Gasteiger partial charge on any atom is 0.345 e. The molecule has 2 aliphatic rings. The van der Waals surface area contributed by atoms with Crippen LogP contribution in [0.15, 0.2) is 24.3 Å². The second-order valence-corrected chi connectivity index (χ2v) is 4.92. The van der Waals surface area contributed by atoms with E-state index in [1.807, 2.05) is 11.8 Å². The smallest absolute Gasteiger partial charge is 0.314 e. The van der Waals surface area contributed by atoms with Crippen molar-refractivity contribution in [1.29, 1.82) is 0 Å². The molecule has 0 aromatic rings. The van der Waals surface area contributed by atoms with Crippen LogP contribution in [0.3, 0.4) is 0 Å². The summed E-state index contributed by atoms with van der Waals surface area (Å²) in [4.78, 5) is 19.5. The largest absolute Gasteiger partial charge is 0.345 e. The van der Waals surface area contributed by atoms with Crippen LogP contribution in [-0.4, -0.2) is 41.2 Å². The van der Waals surface area contributed by atoms with Gasteiger partial charge in [0, 0.05) is 12.6 Å². The third kappa shape index (κ3) is 1.97. The van der Waals surface area contributed by atoms with Crippen LogP contribution in [0.4, 0.5) is 4.79 Å². The zero-order valence-corrected chi connectivity index (χ0v) is 10.7. The van der Waals surface area contributed by atoms with E-state index in [4.69, 9.17) is 4.84 Å². The van der Waals surface area contributed by atoms with Gasteiger partial charge in [0.1, 0.15) is 6.04 Å². The van der Waals surface area contributed by atoms with Crippen LogP contribution in [0.5, 0.6) is 0 Å². The Morgan fingerprint density at radius 2 is 2.35 bits per heavy atom. The molecule has 4 heteroatoms. The minimum atomic E-state index is -0.0312. The summed E-state index contributed by atoms with van der Waals surface area (Å²) in [7, 11) is 0. The molecule has 1 fully saturated rings. The number of nitrogens with zero attached hydrogens (tertiary/aromatic N) is 2. The summed E-state index contributed by atoms with van der Waals surface area (Å²) in [5.74, 6) is 0.435. The number of urea groups is 1. The molecule has 2 atom stereocenters. The van der Waals surface area contributed by atoms with Crippen molar-refractivity contribution >= 4 is 6.03 Å². The van der Waals surface area contributed by atoms with Crippen LogP contribution in [0.2, 0.25) is 0 Å². The second-order valence-electron chi connectivity index (χ2n) is 4.92. The van der Waals surface area contributed by atoms with Crippen molar-refractivity contribution in [3.05, 3.63) is 24.3 Å². The monoisotopic (exact) mass is 236 g/mol. The van der Waals surface area contributed by atoms with Crippen molar-refractivity contribution < 1.29 is 9.63 Å². The Labute approximate surface area is 102 Å². The van der Waals surface area contributed by atoms with Gasteiger partial charge in [0.2, 0.25) is 0 Å². The van der Waals surface area contributed by atoms with Gasteiger partial charge >= 0.3 is 6.03 Å². The normalized spacial score (nSPS) is 27.8. The molecule has 0 saturated carbocycles. The third-order valence-electron chi connectivity index (χ3n) is 3.40. The van der Waals surface area contributed by atoms with Gasteiger partial charge in [-0.3, -0.25) is 4.84 Å². The van der Waals surface area contributed by atoms with Crippen molar-refractivity contribution in [1.82, 2.24) is 9.96 Å². The maximum atomic E-state index is 12.1. The molecule has 94 valence electrons. The molecule has 0 aromatic heterocycles. The Kier molecular flexibility index (Phi) is 3.24. The molecular weight excluding hydrogens is 216 g/mol. The van der Waals surface area contributed by atoms with Crippen molar-refractivity contribution in [2.24, 2.45) is 5.92 Å². The van der Waals surface area contributed by atoms with E-state index in [2.05, 4.69) is 26.5 Å². The highest BCUT2D eigenvalue weighted by Crippen LogP contribution is 2.33. The summed E-state index contributed by atoms with van der Waals surface area (Å²) in [5, 5.41) is 1.51. The fourth-order valence-corrected chi connectivity index (χ4v) is 2.51. The molecule has 0 spiro atoms. The summed E-state index contributed by atoms with van der Waals surface area (Å²) >= 11 is 0. The summed E-state index contributed by atoms with van der Waals surface area (Å²) in [6.07, 6.45) is 3.85. The van der Waals surface area contributed by atoms with Gasteiger partial charge < -0.3 is 4.90 Å². The lowest BCUT2D eigenvalue weighted by Crippen LogP contribution is -2.37. The minimum Gasteiger partial charge on any atom is -0.314 e. The first-order chi connectivity index (χ1) is 8.06. The average Bonchev–Trinajstić information content (AvgIpc) is 2.56. The number of hydroxylamine groups is 2. The van der Waals surface area contributed by atoms with Gasteiger partial charge in [-0.1, -0.05) is 26.0 Å². The number of hydrogen-bond acceptors (Lipinski definition) is 2. The highest BCUT2D eigenvalue weighted by molar-refractivity contribution is 5.78. The molecular formula is C13H20N2O2. The van der Waals surface area contributed by atoms with Crippen LogP contribution in [-0.2, 0) is 4.84 Å². The standard InChI is InChI=1S/C13H20N2O2/c1-5-6-17-15-12-8-14(13(15)16)10(4)7-11(12)9(2)3/h5,7,9-10,12H,1,6,8H2,2-4H3/t10-,12-/m1/s1. The van der Waals surface area contributed by atoms with E-state index >= 15 is 0 Å². The number of carbonyl (C=O) groups excluding carboxylic acids is 1. The summed E-state index contributed by atoms with van der Waals surface area (Å²) in [6.45, 7) is 11.1. The molecule has 0 aromatic carbocycles. The quantitative estimate of drug-likeness (QED) is 0.701. The number of carbonyl (C=O) groups is 1. The molecule has 2 bridgehead atoms. The Morgan fingerprint density at radius 3 is 2.94 bits per heavy atom. The van der Waals surface area contributed by atoms with Gasteiger partial charge in [0.25, 0.3) is 0 Å². The van der Waals surface area contributed by atoms with E-state index in [1.165, 1.54) is 10.6 Å². The predicted octanol–water partition coefficient (Wildman–Crippen LogP) is 2.19. The van der Waals surface area contributed by atoms with Crippen LogP contribution in [0.1, 0.15) is 20.8 Å². The molecule has 0 unspecified atom stereocenters. The zero-order valence-electron chi connectivity index (χ0n) is 10.7. The van der Waals surface area contributed by atoms with Crippen LogP contribution in [0, 0.1) is 5.92 Å². The van der Waals surface area contributed by atoms with Gasteiger partial charge in [0.15, 0.2) is 0 Å². The van der Waals surface area contributed by atoms with Crippen molar-refractivity contribution in [3.63, 3.8) is 0 Å². The van der Waals surface area contributed by atoms with Gasteiger partial charge in [-0.15, -0.1) is 6.58 Å². The molecule has 2 amide bonds. The van der Waals surface area contributed by atoms with Crippen LogP contribution < -0.4 is 0 Å². The van der Waals surface area contributed by atoms with E-state index in [1.54, 1.807) is 6.08 Å². The molecule has 2 rings (SSSR count). The summed E-state index contributed by atoms with van der Waals surface area (Å²) in [5.41, 5.74) is 1.30. The number of fused-ring (bicyclic) bond motifs is 2. The lowest BCUT2D eigenvalue weighted by atomic mass is 9.91. The Morgan fingerprint density at radius 1 is 1.65 bits per heavy atom. The van der Waals surface area contributed by atoms with Gasteiger partial charge in [-0.2, -0.15) is 5.06 Å². The van der Waals surface area contributed by atoms with Crippen LogP contribution >= 0.6 is 0 Å². The van der Waals surface area contributed by atoms with Gasteiger partial charge in [-0.25, -0.2) is 4.79 Å². The van der Waals surface area contributed by atoms with E-state index in [0.29, 0.717) is 12.5 Å². The summed E-state index contributed by atoms with van der Waals surface area (Å²) < 4.78 is 0. The first-order valence-corrected chi connectivity index (χ1v) is 6.11. The van der Waals surface area contributed by atoms with Gasteiger partial charge in [0.05, 0.1) is 6.61 Å². The first kappa shape index (κ1) is 12.2. The highest BCUT2D eigenvalue weighted by atomic mass is 16.7. The highest BCUT2D eigenvalue weighted by Gasteiger charge is 2.45. The fourth-order valence-electron chi connectivity index (χ4n) is 2.51. The maximum absolute atomic E-state index is 12.1. The van der Waals surface area contributed by atoms with E-state index in [0.717, 1.165) is 6.54 Å². The van der Waals surface area contributed by atoms with Crippen molar-refractivity contribution in [3.8, 4) is 0 Å². The van der Waals surface area contributed by atoms with Gasteiger partial charge in [-0.05, 0) is 18.4 Å². The van der Waals surface area contributed by atoms with E-state index < -0.39 is 0 Å². The lowest BCUT2D eigenvalue weighted by Gasteiger charge is -2.29. The Bertz CT molecular complexity index is 362. The second kappa shape index (κ2) is 4.53. The molecule has 0 aliphatic carbocycles. The number of amides is 2. The Hall–Kier alpha value is -1.29. The van der Waals surface area contributed by atoms with Crippen molar-refractivity contribution in [2.45, 2.75) is 32.9 Å². The molecule has 4 nitrogen and oxygen atoms in total. The SMILES string of the molecule is C=CCON1C(=O)N2C[C@@H]1C(C(C)C)=C[C@H]2C. The summed E-state index contributed by atoms with van der Waals surface area (Å²) in [6, 6.07) is 0.198. The average molecular weight is 236 g/mol. The third-order valence-corrected chi connectivity index (χ3v) is 3.40. The molecule has 2 heterocycles. The Balaban J connectivity index is 2.24.